The van der Waals surface area contributed by atoms with Gasteiger partial charge in [0.15, 0.2) is 0 Å². The van der Waals surface area contributed by atoms with Gasteiger partial charge in [-0.15, -0.1) is 0 Å². The zero-order valence-electron chi connectivity index (χ0n) is 9.89. The third-order valence-electron chi connectivity index (χ3n) is 4.06. The Kier molecular flexibility index (Phi) is 3.82. The van der Waals surface area contributed by atoms with Gasteiger partial charge >= 0.3 is 5.97 Å². The Balaban J connectivity index is 2.10. The average molecular weight is 227 g/mol. The smallest absolute Gasteiger partial charge is 0.323 e. The van der Waals surface area contributed by atoms with Crippen molar-refractivity contribution in [2.75, 3.05) is 20.3 Å². The monoisotopic (exact) mass is 227 g/mol. The van der Waals surface area contributed by atoms with Crippen molar-refractivity contribution in [3.8, 4) is 0 Å². The molecule has 3 atom stereocenters. The SMILES string of the molecule is COC(=O)[C@@H]1CC[C@@H](CO)[C@@H]2CCCCN12. The van der Waals surface area contributed by atoms with Gasteiger partial charge in [-0.25, -0.2) is 0 Å². The molecule has 0 aromatic carbocycles. The van der Waals surface area contributed by atoms with Crippen molar-refractivity contribution in [3.05, 3.63) is 0 Å². The highest BCUT2D eigenvalue weighted by molar-refractivity contribution is 5.75. The lowest BCUT2D eigenvalue weighted by Gasteiger charge is -2.47. The minimum Gasteiger partial charge on any atom is -0.468 e. The summed E-state index contributed by atoms with van der Waals surface area (Å²) < 4.78 is 4.86. The first-order chi connectivity index (χ1) is 7.77. The number of piperidine rings is 2. The van der Waals surface area contributed by atoms with E-state index in [9.17, 15) is 9.90 Å². The van der Waals surface area contributed by atoms with Gasteiger partial charge in [0.05, 0.1) is 7.11 Å². The second kappa shape index (κ2) is 5.15. The van der Waals surface area contributed by atoms with Gasteiger partial charge in [0.25, 0.3) is 0 Å². The summed E-state index contributed by atoms with van der Waals surface area (Å²) in [5.74, 6) is 0.240. The average Bonchev–Trinajstić information content (AvgIpc) is 2.36. The molecule has 0 spiro atoms. The van der Waals surface area contributed by atoms with Crippen LogP contribution in [0.1, 0.15) is 32.1 Å². The van der Waals surface area contributed by atoms with E-state index < -0.39 is 0 Å². The second-order valence-corrected chi connectivity index (χ2v) is 4.86. The van der Waals surface area contributed by atoms with E-state index >= 15 is 0 Å². The van der Waals surface area contributed by atoms with Crippen molar-refractivity contribution in [1.82, 2.24) is 4.90 Å². The number of fused-ring (bicyclic) bond motifs is 1. The standard InChI is InChI=1S/C12H21NO3/c1-16-12(15)11-6-5-9(8-14)10-4-2-3-7-13(10)11/h9-11,14H,2-8H2,1H3/t9-,10-,11-/m0/s1. The van der Waals surface area contributed by atoms with Crippen LogP contribution in [-0.2, 0) is 9.53 Å². The van der Waals surface area contributed by atoms with E-state index in [4.69, 9.17) is 4.74 Å². The molecule has 92 valence electrons. The molecule has 0 aliphatic carbocycles. The van der Waals surface area contributed by atoms with Gasteiger partial charge in [-0.3, -0.25) is 9.69 Å². The van der Waals surface area contributed by atoms with Crippen molar-refractivity contribution in [3.63, 3.8) is 0 Å². The molecule has 16 heavy (non-hydrogen) atoms. The van der Waals surface area contributed by atoms with Crippen molar-refractivity contribution in [2.45, 2.75) is 44.2 Å². The van der Waals surface area contributed by atoms with Crippen LogP contribution in [0.15, 0.2) is 0 Å². The van der Waals surface area contributed by atoms with Gasteiger partial charge in [0.2, 0.25) is 0 Å². The molecular weight excluding hydrogens is 206 g/mol. The van der Waals surface area contributed by atoms with E-state index in [2.05, 4.69) is 4.90 Å². The van der Waals surface area contributed by atoms with Crippen LogP contribution in [0.5, 0.6) is 0 Å². The molecule has 0 unspecified atom stereocenters. The Labute approximate surface area is 96.6 Å². The highest BCUT2D eigenvalue weighted by Crippen LogP contribution is 2.34. The molecular formula is C12H21NO3. The summed E-state index contributed by atoms with van der Waals surface area (Å²) in [6.07, 6.45) is 5.25. The Morgan fingerprint density at radius 2 is 2.19 bits per heavy atom. The molecule has 2 fully saturated rings. The first-order valence-corrected chi connectivity index (χ1v) is 6.22. The maximum Gasteiger partial charge on any atom is 0.323 e. The fourth-order valence-corrected chi connectivity index (χ4v) is 3.21. The fourth-order valence-electron chi connectivity index (χ4n) is 3.21. The number of carbonyl (C=O) groups excluding carboxylic acids is 1. The minimum atomic E-state index is -0.108. The molecule has 0 aromatic heterocycles. The van der Waals surface area contributed by atoms with Crippen LogP contribution in [0.25, 0.3) is 0 Å². The Morgan fingerprint density at radius 3 is 2.88 bits per heavy atom. The van der Waals surface area contributed by atoms with Gasteiger partial charge in [-0.1, -0.05) is 6.42 Å². The molecule has 2 aliphatic rings. The van der Waals surface area contributed by atoms with Crippen molar-refractivity contribution in [1.29, 1.82) is 0 Å². The Bertz CT molecular complexity index is 257. The van der Waals surface area contributed by atoms with Gasteiger partial charge < -0.3 is 9.84 Å². The van der Waals surface area contributed by atoms with Gasteiger partial charge in [0, 0.05) is 12.6 Å². The number of aliphatic hydroxyl groups excluding tert-OH is 1. The largest absolute Gasteiger partial charge is 0.468 e. The maximum absolute atomic E-state index is 11.7. The summed E-state index contributed by atoms with van der Waals surface area (Å²) in [7, 11) is 1.46. The lowest BCUT2D eigenvalue weighted by Crippen LogP contribution is -2.56. The number of esters is 1. The van der Waals surface area contributed by atoms with Crippen LogP contribution in [0.2, 0.25) is 0 Å². The van der Waals surface area contributed by atoms with Crippen LogP contribution in [-0.4, -0.2) is 48.3 Å². The van der Waals surface area contributed by atoms with Crippen LogP contribution in [0, 0.1) is 5.92 Å². The number of aliphatic hydroxyl groups is 1. The molecule has 4 heteroatoms. The summed E-state index contributed by atoms with van der Waals surface area (Å²) in [5, 5.41) is 9.37. The topological polar surface area (TPSA) is 49.8 Å². The number of carbonyl (C=O) groups is 1. The molecule has 2 aliphatic heterocycles. The van der Waals surface area contributed by atoms with Crippen molar-refractivity contribution in [2.24, 2.45) is 5.92 Å². The molecule has 0 radical (unpaired) electrons. The van der Waals surface area contributed by atoms with Crippen LogP contribution < -0.4 is 0 Å². The third kappa shape index (κ3) is 2.09. The predicted octanol–water partition coefficient (Wildman–Crippen LogP) is 0.785. The third-order valence-corrected chi connectivity index (χ3v) is 4.06. The molecule has 0 amide bonds. The lowest BCUT2D eigenvalue weighted by atomic mass is 9.81. The zero-order chi connectivity index (χ0) is 11.5. The zero-order valence-corrected chi connectivity index (χ0v) is 9.89. The summed E-state index contributed by atoms with van der Waals surface area (Å²) in [6, 6.07) is 0.315. The van der Waals surface area contributed by atoms with Crippen molar-refractivity contribution < 1.29 is 14.6 Å². The van der Waals surface area contributed by atoms with Crippen LogP contribution in [0.4, 0.5) is 0 Å². The highest BCUT2D eigenvalue weighted by atomic mass is 16.5. The molecule has 4 nitrogen and oxygen atoms in total. The van der Waals surface area contributed by atoms with Gasteiger partial charge in [0.1, 0.15) is 6.04 Å². The van der Waals surface area contributed by atoms with Crippen molar-refractivity contribution >= 4 is 5.97 Å². The van der Waals surface area contributed by atoms with E-state index in [0.29, 0.717) is 12.0 Å². The summed E-state index contributed by atoms with van der Waals surface area (Å²) in [4.78, 5) is 14.0. The molecule has 1 N–H and O–H groups in total. The van der Waals surface area contributed by atoms with Gasteiger partial charge in [-0.2, -0.15) is 0 Å². The van der Waals surface area contributed by atoms with Crippen LogP contribution in [0.3, 0.4) is 0 Å². The quantitative estimate of drug-likeness (QED) is 0.708. The molecule has 0 bridgehead atoms. The minimum absolute atomic E-state index is 0.0712. The van der Waals surface area contributed by atoms with E-state index in [1.54, 1.807) is 0 Å². The summed E-state index contributed by atoms with van der Waals surface area (Å²) in [6.45, 7) is 1.22. The molecule has 2 saturated heterocycles. The number of hydrogen-bond donors (Lipinski definition) is 1. The summed E-state index contributed by atoms with van der Waals surface area (Å²) in [5.41, 5.74) is 0. The number of methoxy groups -OCH3 is 1. The van der Waals surface area contributed by atoms with Crippen LogP contribution >= 0.6 is 0 Å². The predicted molar refractivity (Wildman–Crippen MR) is 60.0 cm³/mol. The normalized spacial score (nSPS) is 35.5. The molecule has 2 rings (SSSR count). The fraction of sp³-hybridized carbons (Fsp3) is 0.917. The maximum atomic E-state index is 11.7. The highest BCUT2D eigenvalue weighted by Gasteiger charge is 2.41. The number of hydrogen-bond acceptors (Lipinski definition) is 4. The molecule has 2 heterocycles. The Hall–Kier alpha value is -0.610. The first kappa shape index (κ1) is 11.9. The molecule has 0 aromatic rings. The van der Waals surface area contributed by atoms with E-state index in [-0.39, 0.29) is 18.6 Å². The number of nitrogens with zero attached hydrogens (tertiary/aromatic N) is 1. The van der Waals surface area contributed by atoms with E-state index in [1.165, 1.54) is 13.5 Å². The number of rotatable bonds is 2. The summed E-state index contributed by atoms with van der Waals surface area (Å²) >= 11 is 0. The number of ether oxygens (including phenoxy) is 1. The molecule has 0 saturated carbocycles. The van der Waals surface area contributed by atoms with Gasteiger partial charge in [-0.05, 0) is 38.1 Å². The second-order valence-electron chi connectivity index (χ2n) is 4.86. The lowest BCUT2D eigenvalue weighted by molar-refractivity contribution is -0.152. The first-order valence-electron chi connectivity index (χ1n) is 6.22. The van der Waals surface area contributed by atoms with E-state index in [1.807, 2.05) is 0 Å². The Morgan fingerprint density at radius 1 is 1.38 bits per heavy atom. The van der Waals surface area contributed by atoms with E-state index in [0.717, 1.165) is 32.2 Å².